The molecule has 0 saturated carbocycles. The minimum atomic E-state index is -3.40. The Morgan fingerprint density at radius 2 is 2.12 bits per heavy atom. The number of anilines is 1. The number of primary amides is 1. The molecule has 1 aromatic rings. The number of aliphatic hydroxyl groups excluding tert-OH is 1. The lowest BCUT2D eigenvalue weighted by Gasteiger charge is -2.10. The molecule has 0 unspecified atom stereocenters. The molecule has 4 N–H and O–H groups in total. The molecule has 0 heterocycles. The number of rotatable bonds is 5. The molecule has 0 aliphatic rings. The van der Waals surface area contributed by atoms with E-state index in [4.69, 9.17) is 10.8 Å². The molecular formula is C10H14N2O4S. The maximum absolute atomic E-state index is 11.1. The highest BCUT2D eigenvalue weighted by Crippen LogP contribution is 2.19. The Labute approximate surface area is 99.5 Å². The second-order valence-corrected chi connectivity index (χ2v) is 5.42. The summed E-state index contributed by atoms with van der Waals surface area (Å²) in [5.41, 5.74) is 6.36. The number of hydrogen-bond donors (Lipinski definition) is 3. The topological polar surface area (TPSA) is 109 Å². The van der Waals surface area contributed by atoms with Crippen LogP contribution >= 0.6 is 0 Å². The van der Waals surface area contributed by atoms with Crippen molar-refractivity contribution < 1.29 is 18.3 Å². The van der Waals surface area contributed by atoms with Crippen molar-refractivity contribution in [3.63, 3.8) is 0 Å². The van der Waals surface area contributed by atoms with E-state index in [2.05, 4.69) is 4.72 Å². The lowest BCUT2D eigenvalue weighted by Crippen LogP contribution is -2.15. The number of carbonyl (C=O) groups excluding carboxylic acids is 1. The maximum Gasteiger partial charge on any atom is 0.229 e. The molecule has 1 amide bonds. The molecule has 0 aliphatic heterocycles. The third kappa shape index (κ3) is 4.41. The number of nitrogens with one attached hydrogen (secondary N) is 1. The van der Waals surface area contributed by atoms with E-state index in [0.717, 1.165) is 6.26 Å². The number of amides is 1. The average Bonchev–Trinajstić information content (AvgIpc) is 2.17. The molecule has 1 aromatic carbocycles. The summed E-state index contributed by atoms with van der Waals surface area (Å²) < 4.78 is 24.4. The van der Waals surface area contributed by atoms with E-state index in [0.29, 0.717) is 16.8 Å². The molecule has 0 aliphatic carbocycles. The number of benzene rings is 1. The minimum absolute atomic E-state index is 0.0478. The number of nitrogens with two attached hydrogens (primary N) is 1. The zero-order valence-corrected chi connectivity index (χ0v) is 10.1. The summed E-state index contributed by atoms with van der Waals surface area (Å²) in [6, 6.07) is 4.61. The van der Waals surface area contributed by atoms with Crippen LogP contribution < -0.4 is 10.5 Å². The van der Waals surface area contributed by atoms with Gasteiger partial charge < -0.3 is 10.8 Å². The van der Waals surface area contributed by atoms with Crippen molar-refractivity contribution in [2.24, 2.45) is 5.73 Å². The highest BCUT2D eigenvalue weighted by atomic mass is 32.2. The quantitative estimate of drug-likeness (QED) is 0.666. The fourth-order valence-corrected chi connectivity index (χ4v) is 1.99. The van der Waals surface area contributed by atoms with Crippen LogP contribution in [0, 0.1) is 0 Å². The molecule has 0 atom stereocenters. The van der Waals surface area contributed by atoms with Crippen LogP contribution in [-0.4, -0.2) is 25.7 Å². The first kappa shape index (κ1) is 13.5. The Balaban J connectivity index is 3.05. The van der Waals surface area contributed by atoms with Gasteiger partial charge in [-0.05, 0) is 11.6 Å². The average molecular weight is 258 g/mol. The van der Waals surface area contributed by atoms with Gasteiger partial charge >= 0.3 is 0 Å². The van der Waals surface area contributed by atoms with Crippen LogP contribution in [0.15, 0.2) is 18.2 Å². The Morgan fingerprint density at radius 3 is 2.59 bits per heavy atom. The van der Waals surface area contributed by atoms with Gasteiger partial charge in [-0.2, -0.15) is 0 Å². The first-order chi connectivity index (χ1) is 7.81. The van der Waals surface area contributed by atoms with Crippen LogP contribution in [-0.2, 0) is 27.8 Å². The van der Waals surface area contributed by atoms with E-state index in [1.807, 2.05) is 0 Å². The van der Waals surface area contributed by atoms with Gasteiger partial charge in [0.15, 0.2) is 0 Å². The van der Waals surface area contributed by atoms with Crippen molar-refractivity contribution in [1.82, 2.24) is 0 Å². The van der Waals surface area contributed by atoms with E-state index in [1.54, 1.807) is 6.07 Å². The zero-order valence-electron chi connectivity index (χ0n) is 9.30. The fraction of sp³-hybridized carbons (Fsp3) is 0.300. The maximum atomic E-state index is 11.1. The minimum Gasteiger partial charge on any atom is -0.392 e. The van der Waals surface area contributed by atoms with Gasteiger partial charge in [-0.15, -0.1) is 0 Å². The molecule has 0 radical (unpaired) electrons. The highest BCUT2D eigenvalue weighted by Gasteiger charge is 2.08. The Kier molecular flexibility index (Phi) is 4.08. The summed E-state index contributed by atoms with van der Waals surface area (Å²) in [4.78, 5) is 10.7. The number of sulfonamides is 1. The third-order valence-electron chi connectivity index (χ3n) is 2.01. The van der Waals surface area contributed by atoms with Gasteiger partial charge in [0, 0.05) is 5.56 Å². The summed E-state index contributed by atoms with van der Waals surface area (Å²) in [7, 11) is -3.40. The predicted octanol–water partition coefficient (Wildman–Crippen LogP) is -0.422. The number of aliphatic hydroxyl groups is 1. The van der Waals surface area contributed by atoms with E-state index < -0.39 is 15.9 Å². The van der Waals surface area contributed by atoms with Crippen LogP contribution in [0.5, 0.6) is 0 Å². The molecule has 0 spiro atoms. The van der Waals surface area contributed by atoms with E-state index >= 15 is 0 Å². The highest BCUT2D eigenvalue weighted by molar-refractivity contribution is 7.92. The SMILES string of the molecule is CS(=O)(=O)Nc1ccc(CC(N)=O)cc1CO. The molecule has 7 heteroatoms. The lowest BCUT2D eigenvalue weighted by atomic mass is 10.1. The Morgan fingerprint density at radius 1 is 1.47 bits per heavy atom. The second-order valence-electron chi connectivity index (χ2n) is 3.67. The van der Waals surface area contributed by atoms with Crippen molar-refractivity contribution in [3.05, 3.63) is 29.3 Å². The molecule has 0 fully saturated rings. The van der Waals surface area contributed by atoms with Gasteiger partial charge in [0.25, 0.3) is 0 Å². The van der Waals surface area contributed by atoms with Crippen molar-refractivity contribution in [3.8, 4) is 0 Å². The first-order valence-corrected chi connectivity index (χ1v) is 6.69. The molecule has 94 valence electrons. The molecular weight excluding hydrogens is 244 g/mol. The van der Waals surface area contributed by atoms with Crippen LogP contribution in [0.3, 0.4) is 0 Å². The van der Waals surface area contributed by atoms with Crippen molar-refractivity contribution in [2.45, 2.75) is 13.0 Å². The molecule has 0 saturated heterocycles. The molecule has 6 nitrogen and oxygen atoms in total. The Hall–Kier alpha value is -1.60. The van der Waals surface area contributed by atoms with Crippen LogP contribution in [0.2, 0.25) is 0 Å². The molecule has 0 bridgehead atoms. The van der Waals surface area contributed by atoms with Gasteiger partial charge in [0.2, 0.25) is 15.9 Å². The Bertz CT molecular complexity index is 525. The van der Waals surface area contributed by atoms with Gasteiger partial charge in [-0.3, -0.25) is 9.52 Å². The standard InChI is InChI=1S/C10H14N2O4S/c1-17(15,16)12-9-3-2-7(5-10(11)14)4-8(9)6-13/h2-4,12-13H,5-6H2,1H3,(H2,11,14). The third-order valence-corrected chi connectivity index (χ3v) is 2.60. The van der Waals surface area contributed by atoms with Crippen molar-refractivity contribution in [1.29, 1.82) is 0 Å². The summed E-state index contributed by atoms with van der Waals surface area (Å²) in [5, 5.41) is 9.12. The first-order valence-electron chi connectivity index (χ1n) is 4.80. The summed E-state index contributed by atoms with van der Waals surface area (Å²) in [6.45, 7) is -0.329. The van der Waals surface area contributed by atoms with E-state index in [-0.39, 0.29) is 13.0 Å². The molecule has 1 rings (SSSR count). The smallest absolute Gasteiger partial charge is 0.229 e. The fourth-order valence-electron chi connectivity index (χ4n) is 1.39. The number of hydrogen-bond acceptors (Lipinski definition) is 4. The van der Waals surface area contributed by atoms with Gasteiger partial charge in [-0.1, -0.05) is 12.1 Å². The number of carbonyl (C=O) groups is 1. The van der Waals surface area contributed by atoms with Crippen LogP contribution in [0.1, 0.15) is 11.1 Å². The second kappa shape index (κ2) is 5.15. The van der Waals surface area contributed by atoms with E-state index in [9.17, 15) is 13.2 Å². The molecule has 0 aromatic heterocycles. The van der Waals surface area contributed by atoms with Gasteiger partial charge in [0.1, 0.15) is 0 Å². The zero-order chi connectivity index (χ0) is 13.1. The normalized spacial score (nSPS) is 11.2. The van der Waals surface area contributed by atoms with Crippen LogP contribution in [0.25, 0.3) is 0 Å². The molecule has 17 heavy (non-hydrogen) atoms. The van der Waals surface area contributed by atoms with Crippen LogP contribution in [0.4, 0.5) is 5.69 Å². The van der Waals surface area contributed by atoms with E-state index in [1.165, 1.54) is 12.1 Å². The predicted molar refractivity (Wildman–Crippen MR) is 63.7 cm³/mol. The van der Waals surface area contributed by atoms with Gasteiger partial charge in [0.05, 0.1) is 25.0 Å². The van der Waals surface area contributed by atoms with Crippen molar-refractivity contribution in [2.75, 3.05) is 11.0 Å². The summed E-state index contributed by atoms with van der Waals surface area (Å²) in [6.07, 6.45) is 1.07. The largest absolute Gasteiger partial charge is 0.392 e. The lowest BCUT2D eigenvalue weighted by molar-refractivity contribution is -0.117. The monoisotopic (exact) mass is 258 g/mol. The summed E-state index contributed by atoms with van der Waals surface area (Å²) in [5.74, 6) is -0.488. The summed E-state index contributed by atoms with van der Waals surface area (Å²) >= 11 is 0. The van der Waals surface area contributed by atoms with Crippen molar-refractivity contribution >= 4 is 21.6 Å². The van der Waals surface area contributed by atoms with Gasteiger partial charge in [-0.25, -0.2) is 8.42 Å².